The van der Waals surface area contributed by atoms with Gasteiger partial charge in [0.2, 0.25) is 11.8 Å². The van der Waals surface area contributed by atoms with E-state index >= 15 is 0 Å². The van der Waals surface area contributed by atoms with E-state index in [-0.39, 0.29) is 59.9 Å². The third-order valence-corrected chi connectivity index (χ3v) is 8.90. The molecule has 0 unspecified atom stereocenters. The summed E-state index contributed by atoms with van der Waals surface area (Å²) in [7, 11) is 0. The number of rotatable bonds is 5. The van der Waals surface area contributed by atoms with Crippen molar-refractivity contribution < 1.29 is 19.2 Å². The lowest BCUT2D eigenvalue weighted by Gasteiger charge is -2.23. The number of nitrogens with zero attached hydrogens (tertiary/aromatic N) is 3. The summed E-state index contributed by atoms with van der Waals surface area (Å²) in [5.41, 5.74) is 7.16. The van der Waals surface area contributed by atoms with Gasteiger partial charge in [0.1, 0.15) is 21.4 Å². The molecule has 11 nitrogen and oxygen atoms in total. The molecule has 43 heavy (non-hydrogen) atoms. The zero-order valence-electron chi connectivity index (χ0n) is 24.5. The van der Waals surface area contributed by atoms with E-state index in [0.717, 1.165) is 5.56 Å². The van der Waals surface area contributed by atoms with Crippen LogP contribution < -0.4 is 21.7 Å². The van der Waals surface area contributed by atoms with Crippen LogP contribution in [0.25, 0.3) is 0 Å². The molecule has 0 saturated carbocycles. The van der Waals surface area contributed by atoms with Crippen LogP contribution in [-0.2, 0) is 16.0 Å². The molecule has 3 aromatic rings. The topological polar surface area (TPSA) is 159 Å². The minimum Gasteiger partial charge on any atom is -0.351 e. The van der Waals surface area contributed by atoms with Gasteiger partial charge in [-0.1, -0.05) is 44.2 Å². The third-order valence-electron chi connectivity index (χ3n) is 6.99. The SMILES string of the molecule is CC(C)C[C@@H]1NC(=O)CCCN(C(=O)CN)CCCNC(=O)c2csc(n2)[C@H](Cc2ccccc2)NC(=O)c2csc1n2. The van der Waals surface area contributed by atoms with Gasteiger partial charge < -0.3 is 26.6 Å². The summed E-state index contributed by atoms with van der Waals surface area (Å²) in [5, 5.41) is 13.7. The molecule has 0 aliphatic carbocycles. The number of aromatic nitrogens is 2. The number of hydrogen-bond donors (Lipinski definition) is 4. The van der Waals surface area contributed by atoms with E-state index in [1.807, 2.05) is 30.3 Å². The van der Waals surface area contributed by atoms with Crippen LogP contribution in [0.3, 0.4) is 0 Å². The smallest absolute Gasteiger partial charge is 0.271 e. The first-order chi connectivity index (χ1) is 20.7. The van der Waals surface area contributed by atoms with Crippen LogP contribution in [0.2, 0.25) is 0 Å². The highest BCUT2D eigenvalue weighted by molar-refractivity contribution is 7.10. The van der Waals surface area contributed by atoms with E-state index in [9.17, 15) is 19.2 Å². The second-order valence-corrected chi connectivity index (χ2v) is 12.7. The molecule has 1 aliphatic heterocycles. The average Bonchev–Trinajstić information content (AvgIpc) is 3.68. The molecule has 1 aromatic carbocycles. The molecular weight excluding hydrogens is 587 g/mol. The fourth-order valence-corrected chi connectivity index (χ4v) is 6.54. The monoisotopic (exact) mass is 625 g/mol. The summed E-state index contributed by atoms with van der Waals surface area (Å²) in [6, 6.07) is 8.93. The average molecular weight is 626 g/mol. The van der Waals surface area contributed by atoms with Crippen molar-refractivity contribution in [3.05, 3.63) is 68.1 Å². The fourth-order valence-electron chi connectivity index (χ4n) is 4.83. The van der Waals surface area contributed by atoms with E-state index in [2.05, 4.69) is 39.8 Å². The second kappa shape index (κ2) is 15.7. The molecule has 4 rings (SSSR count). The minimum absolute atomic E-state index is 0.125. The maximum atomic E-state index is 13.4. The molecule has 1 aliphatic rings. The van der Waals surface area contributed by atoms with Crippen molar-refractivity contribution in [3.8, 4) is 0 Å². The van der Waals surface area contributed by atoms with Crippen LogP contribution in [0.5, 0.6) is 0 Å². The van der Waals surface area contributed by atoms with Gasteiger partial charge in [-0.15, -0.1) is 22.7 Å². The number of nitrogens with one attached hydrogen (secondary N) is 3. The van der Waals surface area contributed by atoms with Crippen LogP contribution in [0, 0.1) is 5.92 Å². The standard InChI is InChI=1S/C30H39N7O4S2/c1-19(2)14-21-29-36-24(18-43-29)28(41)34-22(15-20-8-4-3-5-9-20)30-35-23(17-42-30)27(40)32-11-7-13-37(26(39)16-31)12-6-10-25(38)33-21/h3-5,8-9,17-19,21-22H,6-7,10-16,31H2,1-2H3,(H,32,40)(H,33,38)(H,34,41)/t21-,22-/m0/s1. The van der Waals surface area contributed by atoms with Gasteiger partial charge in [-0.3, -0.25) is 19.2 Å². The van der Waals surface area contributed by atoms with Gasteiger partial charge in [0.05, 0.1) is 18.6 Å². The Kier molecular flexibility index (Phi) is 11.8. The Labute approximate surface area is 259 Å². The highest BCUT2D eigenvalue weighted by Gasteiger charge is 2.25. The van der Waals surface area contributed by atoms with Gasteiger partial charge in [0.15, 0.2) is 0 Å². The van der Waals surface area contributed by atoms with Crippen molar-refractivity contribution in [1.29, 1.82) is 0 Å². The number of thiazole rings is 2. The first-order valence-corrected chi connectivity index (χ1v) is 16.3. The lowest BCUT2D eigenvalue weighted by molar-refractivity contribution is -0.130. The van der Waals surface area contributed by atoms with Crippen molar-refractivity contribution in [2.24, 2.45) is 11.7 Å². The van der Waals surface area contributed by atoms with E-state index in [0.29, 0.717) is 55.3 Å². The normalized spacial score (nSPS) is 19.3. The summed E-state index contributed by atoms with van der Waals surface area (Å²) < 4.78 is 0. The molecule has 5 N–H and O–H groups in total. The number of hydrogen-bond acceptors (Lipinski definition) is 9. The predicted octanol–water partition coefficient (Wildman–Crippen LogP) is 3.22. The molecule has 0 fully saturated rings. The van der Waals surface area contributed by atoms with Crippen molar-refractivity contribution in [3.63, 3.8) is 0 Å². The molecule has 0 saturated heterocycles. The number of carbonyl (C=O) groups excluding carboxylic acids is 4. The van der Waals surface area contributed by atoms with Crippen LogP contribution in [0.4, 0.5) is 0 Å². The van der Waals surface area contributed by atoms with Gasteiger partial charge in [-0.05, 0) is 37.2 Å². The summed E-state index contributed by atoms with van der Waals surface area (Å²) in [4.78, 5) is 62.5. The Morgan fingerprint density at radius 1 is 0.953 bits per heavy atom. The van der Waals surface area contributed by atoms with Crippen LogP contribution >= 0.6 is 22.7 Å². The Morgan fingerprint density at radius 3 is 2.28 bits per heavy atom. The van der Waals surface area contributed by atoms with E-state index in [1.165, 1.54) is 22.7 Å². The molecule has 4 amide bonds. The van der Waals surface area contributed by atoms with E-state index in [4.69, 9.17) is 5.73 Å². The Balaban J connectivity index is 1.62. The van der Waals surface area contributed by atoms with E-state index < -0.39 is 6.04 Å². The van der Waals surface area contributed by atoms with Gasteiger partial charge in [-0.25, -0.2) is 9.97 Å². The summed E-state index contributed by atoms with van der Waals surface area (Å²) >= 11 is 2.64. The van der Waals surface area contributed by atoms with Crippen molar-refractivity contribution >= 4 is 46.3 Å². The van der Waals surface area contributed by atoms with Gasteiger partial charge in [-0.2, -0.15) is 0 Å². The van der Waals surface area contributed by atoms with Crippen LogP contribution in [-0.4, -0.2) is 64.7 Å². The molecule has 0 radical (unpaired) electrons. The number of amides is 4. The Morgan fingerprint density at radius 2 is 1.60 bits per heavy atom. The molecule has 2 atom stereocenters. The first-order valence-electron chi connectivity index (χ1n) is 14.5. The zero-order valence-corrected chi connectivity index (χ0v) is 26.1. The van der Waals surface area contributed by atoms with Crippen molar-refractivity contribution in [2.45, 2.75) is 58.0 Å². The Bertz CT molecular complexity index is 1390. The molecule has 3 heterocycles. The number of fused-ring (bicyclic) bond motifs is 4. The lowest BCUT2D eigenvalue weighted by Crippen LogP contribution is -2.39. The zero-order chi connectivity index (χ0) is 30.8. The lowest BCUT2D eigenvalue weighted by atomic mass is 10.0. The summed E-state index contributed by atoms with van der Waals surface area (Å²) in [6.07, 6.45) is 2.36. The molecule has 0 spiro atoms. The molecule has 230 valence electrons. The van der Waals surface area contributed by atoms with Gasteiger partial charge in [0.25, 0.3) is 11.8 Å². The second-order valence-electron chi connectivity index (χ2n) is 10.9. The number of carbonyl (C=O) groups is 4. The highest BCUT2D eigenvalue weighted by atomic mass is 32.1. The maximum absolute atomic E-state index is 13.4. The maximum Gasteiger partial charge on any atom is 0.271 e. The number of nitrogens with two attached hydrogens (primary N) is 1. The summed E-state index contributed by atoms with van der Waals surface area (Å²) in [6.45, 7) is 5.14. The van der Waals surface area contributed by atoms with Crippen LogP contribution in [0.15, 0.2) is 41.1 Å². The largest absolute Gasteiger partial charge is 0.351 e. The van der Waals surface area contributed by atoms with Crippen molar-refractivity contribution in [1.82, 2.24) is 30.8 Å². The Hall–Kier alpha value is -3.68. The van der Waals surface area contributed by atoms with Gasteiger partial charge in [0, 0.05) is 36.8 Å². The fraction of sp³-hybridized carbons (Fsp3) is 0.467. The molecular formula is C30H39N7O4S2. The quantitative estimate of drug-likeness (QED) is 0.339. The van der Waals surface area contributed by atoms with Crippen molar-refractivity contribution in [2.75, 3.05) is 26.2 Å². The minimum atomic E-state index is -0.484. The van der Waals surface area contributed by atoms with Gasteiger partial charge >= 0.3 is 0 Å². The highest BCUT2D eigenvalue weighted by Crippen LogP contribution is 2.27. The molecule has 4 bridgehead atoms. The summed E-state index contributed by atoms with van der Waals surface area (Å²) in [5.74, 6) is -0.748. The predicted molar refractivity (Wildman–Crippen MR) is 167 cm³/mol. The third kappa shape index (κ3) is 9.40. The number of benzene rings is 1. The van der Waals surface area contributed by atoms with E-state index in [1.54, 1.807) is 15.7 Å². The molecule has 2 aromatic heterocycles. The first kappa shape index (κ1) is 32.2. The van der Waals surface area contributed by atoms with Crippen LogP contribution in [0.1, 0.15) is 88.2 Å². The molecule has 13 heteroatoms.